The Morgan fingerprint density at radius 1 is 1.02 bits per heavy atom. The van der Waals surface area contributed by atoms with Gasteiger partial charge in [-0.2, -0.15) is 0 Å². The number of hydrogen-bond donors (Lipinski definition) is 5. The van der Waals surface area contributed by atoms with Gasteiger partial charge in [-0.1, -0.05) is 38.1 Å². The van der Waals surface area contributed by atoms with Crippen LogP contribution in [0.2, 0.25) is 0 Å². The van der Waals surface area contributed by atoms with Gasteiger partial charge >= 0.3 is 0 Å². The van der Waals surface area contributed by atoms with Gasteiger partial charge in [0.25, 0.3) is 0 Å². The number of para-hydroxylation sites is 2. The molecule has 0 aliphatic carbocycles. The standard InChI is InChI=1S/C35H45N7O6/c1-21(2)19-28-35(47)42-17-6-9-29(42)34(46)36-16-18-48-24-12-10-23(11-13-24)20-27(33(45)37-22(3)32(44)41-28)40-31(43)15-14-30-38-25-7-4-5-8-26(25)39-30/h4-5,7-8,10-13,21-22,27-29H,6,9,14-20H2,1-3H3,(H,36,46)(H,37,45)(H,38,39)(H,40,43)(H,41,44)/t22-,27+,28+,29-/m1/s1. The van der Waals surface area contributed by atoms with Crippen molar-refractivity contribution in [3.63, 3.8) is 0 Å². The second kappa shape index (κ2) is 15.8. The van der Waals surface area contributed by atoms with Crippen molar-refractivity contribution in [1.82, 2.24) is 36.1 Å². The van der Waals surface area contributed by atoms with Crippen LogP contribution in [0.4, 0.5) is 0 Å². The number of aromatic nitrogens is 2. The fraction of sp³-hybridized carbons (Fsp3) is 0.486. The highest BCUT2D eigenvalue weighted by Crippen LogP contribution is 2.21. The molecule has 5 N–H and O–H groups in total. The number of imidazole rings is 1. The molecule has 0 saturated carbocycles. The van der Waals surface area contributed by atoms with E-state index in [0.29, 0.717) is 43.8 Å². The topological polar surface area (TPSA) is 175 Å². The van der Waals surface area contributed by atoms with Gasteiger partial charge in [-0.25, -0.2) is 4.98 Å². The summed E-state index contributed by atoms with van der Waals surface area (Å²) in [5.74, 6) is -0.668. The van der Waals surface area contributed by atoms with Crippen molar-refractivity contribution in [1.29, 1.82) is 0 Å². The monoisotopic (exact) mass is 659 g/mol. The van der Waals surface area contributed by atoms with Crippen LogP contribution in [-0.4, -0.2) is 88.3 Å². The third-order valence-corrected chi connectivity index (χ3v) is 8.62. The Hall–Kier alpha value is -4.94. The SMILES string of the molecule is CC(C)C[C@@H]1NC(=O)[C@@H](C)NC(=O)[C@@H](NC(=O)CCc2nc3ccccc3[nH]2)Cc2ccc(cc2)OCCNC(=O)[C@H]2CCCN2C1=O. The summed E-state index contributed by atoms with van der Waals surface area (Å²) in [5.41, 5.74) is 2.46. The molecule has 3 aliphatic heterocycles. The molecule has 2 bridgehead atoms. The fourth-order valence-electron chi connectivity index (χ4n) is 6.12. The third-order valence-electron chi connectivity index (χ3n) is 8.62. The molecule has 0 unspecified atom stereocenters. The lowest BCUT2D eigenvalue weighted by molar-refractivity contribution is -0.142. The number of nitrogens with zero attached hydrogens (tertiary/aromatic N) is 2. The molecule has 256 valence electrons. The maximum Gasteiger partial charge on any atom is 0.245 e. The zero-order valence-corrected chi connectivity index (χ0v) is 27.7. The number of H-pyrrole nitrogens is 1. The van der Waals surface area contributed by atoms with Gasteiger partial charge in [0.05, 0.1) is 17.6 Å². The van der Waals surface area contributed by atoms with E-state index in [-0.39, 0.29) is 49.6 Å². The molecule has 0 radical (unpaired) electrons. The molecular formula is C35H45N7O6. The Kier molecular flexibility index (Phi) is 11.3. The first-order chi connectivity index (χ1) is 23.1. The molecule has 4 atom stereocenters. The van der Waals surface area contributed by atoms with E-state index in [9.17, 15) is 24.0 Å². The van der Waals surface area contributed by atoms with E-state index < -0.39 is 36.0 Å². The molecule has 13 nitrogen and oxygen atoms in total. The molecule has 0 spiro atoms. The summed E-state index contributed by atoms with van der Waals surface area (Å²) < 4.78 is 5.82. The summed E-state index contributed by atoms with van der Waals surface area (Å²) in [6.07, 6.45) is 2.18. The van der Waals surface area contributed by atoms with Crippen LogP contribution in [0.15, 0.2) is 48.5 Å². The van der Waals surface area contributed by atoms with E-state index >= 15 is 0 Å². The molecular weight excluding hydrogens is 614 g/mol. The fourth-order valence-corrected chi connectivity index (χ4v) is 6.12. The lowest BCUT2D eigenvalue weighted by Gasteiger charge is -2.30. The molecule has 5 amide bonds. The van der Waals surface area contributed by atoms with Crippen molar-refractivity contribution in [2.45, 2.75) is 83.5 Å². The number of benzene rings is 2. The molecule has 2 aromatic carbocycles. The lowest BCUT2D eigenvalue weighted by Crippen LogP contribution is -2.58. The average Bonchev–Trinajstić information content (AvgIpc) is 3.72. The van der Waals surface area contributed by atoms with E-state index in [1.54, 1.807) is 17.0 Å². The summed E-state index contributed by atoms with van der Waals surface area (Å²) in [4.78, 5) is 76.2. The Morgan fingerprint density at radius 2 is 1.79 bits per heavy atom. The summed E-state index contributed by atoms with van der Waals surface area (Å²) in [5, 5.41) is 11.3. The quantitative estimate of drug-likeness (QED) is 0.268. The highest BCUT2D eigenvalue weighted by atomic mass is 16.5. The average molecular weight is 660 g/mol. The minimum Gasteiger partial charge on any atom is -0.492 e. The Morgan fingerprint density at radius 3 is 2.54 bits per heavy atom. The first kappa shape index (κ1) is 34.4. The molecule has 13 heteroatoms. The zero-order valence-electron chi connectivity index (χ0n) is 27.7. The van der Waals surface area contributed by atoms with Crippen molar-refractivity contribution in [3.8, 4) is 5.75 Å². The number of nitrogens with one attached hydrogen (secondary N) is 5. The first-order valence-corrected chi connectivity index (χ1v) is 16.7. The third kappa shape index (κ3) is 8.90. The van der Waals surface area contributed by atoms with Gasteiger partial charge < -0.3 is 35.9 Å². The Bertz CT molecular complexity index is 1590. The number of ether oxygens (including phenoxy) is 1. The highest BCUT2D eigenvalue weighted by Gasteiger charge is 2.38. The zero-order chi connectivity index (χ0) is 34.2. The number of aromatic amines is 1. The molecule has 48 heavy (non-hydrogen) atoms. The van der Waals surface area contributed by atoms with Gasteiger partial charge in [0.1, 0.15) is 42.3 Å². The van der Waals surface area contributed by atoms with Crippen LogP contribution in [0.1, 0.15) is 57.8 Å². The normalized spacial score (nSPS) is 22.9. The van der Waals surface area contributed by atoms with E-state index in [4.69, 9.17) is 4.74 Å². The molecule has 4 heterocycles. The second-order valence-electron chi connectivity index (χ2n) is 12.9. The van der Waals surface area contributed by atoms with Crippen LogP contribution < -0.4 is 26.0 Å². The number of fused-ring (bicyclic) bond motifs is 15. The van der Waals surface area contributed by atoms with Crippen molar-refractivity contribution in [2.24, 2.45) is 5.92 Å². The molecule has 6 rings (SSSR count). The number of carbonyl (C=O) groups excluding carboxylic acids is 5. The van der Waals surface area contributed by atoms with Crippen molar-refractivity contribution < 1.29 is 28.7 Å². The first-order valence-electron chi connectivity index (χ1n) is 16.7. The maximum atomic E-state index is 13.7. The summed E-state index contributed by atoms with van der Waals surface area (Å²) in [7, 11) is 0. The number of aryl methyl sites for hydroxylation is 1. The largest absolute Gasteiger partial charge is 0.492 e. The predicted octanol–water partition coefficient (Wildman–Crippen LogP) is 1.76. The van der Waals surface area contributed by atoms with Crippen LogP contribution in [0, 0.1) is 5.92 Å². The maximum absolute atomic E-state index is 13.7. The van der Waals surface area contributed by atoms with Crippen LogP contribution >= 0.6 is 0 Å². The minimum absolute atomic E-state index is 0.0759. The van der Waals surface area contributed by atoms with Crippen LogP contribution in [0.5, 0.6) is 5.75 Å². The van der Waals surface area contributed by atoms with E-state index in [1.165, 1.54) is 6.92 Å². The van der Waals surface area contributed by atoms with Gasteiger partial charge in [-0.15, -0.1) is 0 Å². The predicted molar refractivity (Wildman–Crippen MR) is 179 cm³/mol. The number of amides is 5. The highest BCUT2D eigenvalue weighted by molar-refractivity contribution is 5.95. The molecule has 1 fully saturated rings. The summed E-state index contributed by atoms with van der Waals surface area (Å²) in [6, 6.07) is 11.2. The van der Waals surface area contributed by atoms with Crippen LogP contribution in [-0.2, 0) is 36.8 Å². The number of rotatable bonds is 6. The second-order valence-corrected chi connectivity index (χ2v) is 12.9. The van der Waals surface area contributed by atoms with E-state index in [2.05, 4.69) is 31.2 Å². The number of carbonyl (C=O) groups is 5. The van der Waals surface area contributed by atoms with Crippen molar-refractivity contribution in [3.05, 3.63) is 59.9 Å². The Balaban J connectivity index is 1.33. The van der Waals surface area contributed by atoms with Crippen LogP contribution in [0.3, 0.4) is 0 Å². The van der Waals surface area contributed by atoms with Gasteiger partial charge in [0.2, 0.25) is 29.5 Å². The van der Waals surface area contributed by atoms with Crippen LogP contribution in [0.25, 0.3) is 11.0 Å². The molecule has 1 saturated heterocycles. The van der Waals surface area contributed by atoms with Gasteiger partial charge in [-0.3, -0.25) is 24.0 Å². The molecule has 3 aliphatic rings. The molecule has 3 aromatic rings. The summed E-state index contributed by atoms with van der Waals surface area (Å²) >= 11 is 0. The molecule has 1 aromatic heterocycles. The van der Waals surface area contributed by atoms with E-state index in [0.717, 1.165) is 16.6 Å². The van der Waals surface area contributed by atoms with Gasteiger partial charge in [0, 0.05) is 25.8 Å². The van der Waals surface area contributed by atoms with Gasteiger partial charge in [-0.05, 0) is 61.9 Å². The minimum atomic E-state index is -1.01. The van der Waals surface area contributed by atoms with Gasteiger partial charge in [0.15, 0.2) is 0 Å². The lowest BCUT2D eigenvalue weighted by atomic mass is 10.0. The van der Waals surface area contributed by atoms with E-state index in [1.807, 2.05) is 50.2 Å². The number of hydrogen-bond acceptors (Lipinski definition) is 7. The smallest absolute Gasteiger partial charge is 0.245 e. The Labute approximate surface area is 279 Å². The van der Waals surface area contributed by atoms with Crippen molar-refractivity contribution >= 4 is 40.6 Å². The van der Waals surface area contributed by atoms with Crippen molar-refractivity contribution in [2.75, 3.05) is 19.7 Å². The summed E-state index contributed by atoms with van der Waals surface area (Å²) in [6.45, 7) is 6.32.